The first-order chi connectivity index (χ1) is 9.42. The number of nitrogens with zero attached hydrogens (tertiary/aromatic N) is 1. The molecule has 0 aliphatic carbocycles. The number of anilines is 1. The van der Waals surface area contributed by atoms with Crippen LogP contribution in [0.25, 0.3) is 0 Å². The summed E-state index contributed by atoms with van der Waals surface area (Å²) in [6.45, 7) is 5.19. The van der Waals surface area contributed by atoms with Crippen molar-refractivity contribution in [2.75, 3.05) is 31.2 Å². The Hall–Kier alpha value is -1.06. The standard InChI is InChI=1S/C16H24N2O/c1-2-10-18(9-1)16-7-5-14(6-8-16)12-17-15-4-3-11-19-13-15/h5-8,15,17H,1-4,9-13H2. The van der Waals surface area contributed by atoms with Crippen molar-refractivity contribution in [3.8, 4) is 0 Å². The molecule has 3 rings (SSSR count). The third-order valence-corrected chi connectivity index (χ3v) is 4.16. The van der Waals surface area contributed by atoms with Crippen molar-refractivity contribution in [3.05, 3.63) is 29.8 Å². The zero-order valence-corrected chi connectivity index (χ0v) is 11.6. The first-order valence-corrected chi connectivity index (χ1v) is 7.57. The summed E-state index contributed by atoms with van der Waals surface area (Å²) in [7, 11) is 0. The lowest BCUT2D eigenvalue weighted by Gasteiger charge is -2.23. The molecule has 2 aliphatic heterocycles. The Morgan fingerprint density at radius 2 is 1.89 bits per heavy atom. The van der Waals surface area contributed by atoms with Gasteiger partial charge in [-0.05, 0) is 43.4 Å². The zero-order valence-electron chi connectivity index (χ0n) is 11.6. The van der Waals surface area contributed by atoms with Gasteiger partial charge in [0.15, 0.2) is 0 Å². The molecule has 2 heterocycles. The van der Waals surface area contributed by atoms with Gasteiger partial charge in [-0.2, -0.15) is 0 Å². The highest BCUT2D eigenvalue weighted by atomic mass is 16.5. The number of ether oxygens (including phenoxy) is 1. The number of nitrogens with one attached hydrogen (secondary N) is 1. The highest BCUT2D eigenvalue weighted by Crippen LogP contribution is 2.20. The van der Waals surface area contributed by atoms with Gasteiger partial charge in [0.1, 0.15) is 0 Å². The normalized spacial score (nSPS) is 23.8. The van der Waals surface area contributed by atoms with Crippen molar-refractivity contribution in [2.45, 2.75) is 38.3 Å². The van der Waals surface area contributed by atoms with E-state index >= 15 is 0 Å². The molecule has 1 unspecified atom stereocenters. The van der Waals surface area contributed by atoms with Crippen LogP contribution in [-0.2, 0) is 11.3 Å². The van der Waals surface area contributed by atoms with E-state index < -0.39 is 0 Å². The molecule has 3 heteroatoms. The highest BCUT2D eigenvalue weighted by Gasteiger charge is 2.14. The van der Waals surface area contributed by atoms with Gasteiger partial charge in [-0.3, -0.25) is 0 Å². The molecule has 0 spiro atoms. The summed E-state index contributed by atoms with van der Waals surface area (Å²) in [4.78, 5) is 2.48. The van der Waals surface area contributed by atoms with E-state index in [1.165, 1.54) is 50.0 Å². The first kappa shape index (κ1) is 12.9. The quantitative estimate of drug-likeness (QED) is 0.900. The van der Waals surface area contributed by atoms with Crippen molar-refractivity contribution in [3.63, 3.8) is 0 Å². The van der Waals surface area contributed by atoms with Gasteiger partial charge in [-0.15, -0.1) is 0 Å². The Balaban J connectivity index is 1.50. The summed E-state index contributed by atoms with van der Waals surface area (Å²) in [5.74, 6) is 0. The maximum absolute atomic E-state index is 5.49. The second-order valence-electron chi connectivity index (χ2n) is 5.66. The van der Waals surface area contributed by atoms with E-state index in [1.807, 2.05) is 0 Å². The third kappa shape index (κ3) is 3.48. The molecule has 0 saturated carbocycles. The van der Waals surface area contributed by atoms with Gasteiger partial charge in [0, 0.05) is 38.0 Å². The number of hydrogen-bond acceptors (Lipinski definition) is 3. The van der Waals surface area contributed by atoms with E-state index in [9.17, 15) is 0 Å². The summed E-state index contributed by atoms with van der Waals surface area (Å²) in [6, 6.07) is 9.57. The largest absolute Gasteiger partial charge is 0.380 e. The Kier molecular flexibility index (Phi) is 4.36. The fourth-order valence-corrected chi connectivity index (χ4v) is 2.96. The predicted octanol–water partition coefficient (Wildman–Crippen LogP) is 2.56. The fourth-order valence-electron chi connectivity index (χ4n) is 2.96. The second kappa shape index (κ2) is 6.40. The molecule has 1 aromatic rings. The van der Waals surface area contributed by atoms with Gasteiger partial charge < -0.3 is 15.0 Å². The summed E-state index contributed by atoms with van der Waals surface area (Å²) >= 11 is 0. The average molecular weight is 260 g/mol. The van der Waals surface area contributed by atoms with Gasteiger partial charge in [-0.25, -0.2) is 0 Å². The van der Waals surface area contributed by atoms with Crippen LogP contribution < -0.4 is 10.2 Å². The summed E-state index contributed by atoms with van der Waals surface area (Å²) < 4.78 is 5.49. The number of benzene rings is 1. The van der Waals surface area contributed by atoms with Crippen LogP contribution >= 0.6 is 0 Å². The topological polar surface area (TPSA) is 24.5 Å². The molecular formula is C16H24N2O. The Labute approximate surface area is 115 Å². The molecule has 0 bridgehead atoms. The third-order valence-electron chi connectivity index (χ3n) is 4.16. The Morgan fingerprint density at radius 3 is 2.58 bits per heavy atom. The Morgan fingerprint density at radius 1 is 1.11 bits per heavy atom. The van der Waals surface area contributed by atoms with Gasteiger partial charge in [0.2, 0.25) is 0 Å². The van der Waals surface area contributed by atoms with E-state index in [1.54, 1.807) is 0 Å². The predicted molar refractivity (Wildman–Crippen MR) is 78.6 cm³/mol. The maximum Gasteiger partial charge on any atom is 0.0619 e. The van der Waals surface area contributed by atoms with Crippen molar-refractivity contribution in [1.29, 1.82) is 0 Å². The number of hydrogen-bond donors (Lipinski definition) is 1. The second-order valence-corrected chi connectivity index (χ2v) is 5.66. The molecule has 0 radical (unpaired) electrons. The van der Waals surface area contributed by atoms with E-state index in [0.717, 1.165) is 19.8 Å². The molecule has 2 aliphatic rings. The molecule has 3 nitrogen and oxygen atoms in total. The average Bonchev–Trinajstić information content (AvgIpc) is 3.01. The molecule has 2 saturated heterocycles. The van der Waals surface area contributed by atoms with Gasteiger partial charge >= 0.3 is 0 Å². The monoisotopic (exact) mass is 260 g/mol. The molecule has 104 valence electrons. The van der Waals surface area contributed by atoms with Crippen molar-refractivity contribution in [2.24, 2.45) is 0 Å². The minimum atomic E-state index is 0.534. The van der Waals surface area contributed by atoms with Crippen molar-refractivity contribution >= 4 is 5.69 Å². The van der Waals surface area contributed by atoms with Crippen LogP contribution in [0.4, 0.5) is 5.69 Å². The molecule has 19 heavy (non-hydrogen) atoms. The number of rotatable bonds is 4. The molecule has 1 atom stereocenters. The lowest BCUT2D eigenvalue weighted by molar-refractivity contribution is 0.0699. The molecule has 0 aromatic heterocycles. The van der Waals surface area contributed by atoms with Gasteiger partial charge in [-0.1, -0.05) is 12.1 Å². The molecule has 1 N–H and O–H groups in total. The van der Waals surface area contributed by atoms with E-state index in [-0.39, 0.29) is 0 Å². The van der Waals surface area contributed by atoms with Crippen LogP contribution in [0.1, 0.15) is 31.2 Å². The lowest BCUT2D eigenvalue weighted by atomic mass is 10.1. The molecule has 2 fully saturated rings. The molecular weight excluding hydrogens is 236 g/mol. The SMILES string of the molecule is c1cc(N2CCCC2)ccc1CNC1CCCOC1. The van der Waals surface area contributed by atoms with Crippen LogP contribution in [0.5, 0.6) is 0 Å². The summed E-state index contributed by atoms with van der Waals surface area (Å²) in [6.07, 6.45) is 5.10. The van der Waals surface area contributed by atoms with Crippen LogP contribution in [0.15, 0.2) is 24.3 Å². The van der Waals surface area contributed by atoms with Gasteiger partial charge in [0.05, 0.1) is 6.61 Å². The van der Waals surface area contributed by atoms with E-state index in [4.69, 9.17) is 4.74 Å². The molecule has 0 amide bonds. The minimum Gasteiger partial charge on any atom is -0.380 e. The van der Waals surface area contributed by atoms with Crippen molar-refractivity contribution in [1.82, 2.24) is 5.32 Å². The fraction of sp³-hybridized carbons (Fsp3) is 0.625. The van der Waals surface area contributed by atoms with Crippen LogP contribution in [0.3, 0.4) is 0 Å². The lowest BCUT2D eigenvalue weighted by Crippen LogP contribution is -2.36. The van der Waals surface area contributed by atoms with E-state index in [2.05, 4.69) is 34.5 Å². The smallest absolute Gasteiger partial charge is 0.0619 e. The molecule has 1 aromatic carbocycles. The summed E-state index contributed by atoms with van der Waals surface area (Å²) in [5, 5.41) is 3.59. The van der Waals surface area contributed by atoms with Gasteiger partial charge in [0.25, 0.3) is 0 Å². The van der Waals surface area contributed by atoms with Crippen LogP contribution in [-0.4, -0.2) is 32.3 Å². The first-order valence-electron chi connectivity index (χ1n) is 7.57. The maximum atomic E-state index is 5.49. The highest BCUT2D eigenvalue weighted by molar-refractivity contribution is 5.48. The summed E-state index contributed by atoms with van der Waals surface area (Å²) in [5.41, 5.74) is 2.75. The van der Waals surface area contributed by atoms with Crippen LogP contribution in [0.2, 0.25) is 0 Å². The minimum absolute atomic E-state index is 0.534. The Bertz CT molecular complexity index is 378. The van der Waals surface area contributed by atoms with E-state index in [0.29, 0.717) is 6.04 Å². The van der Waals surface area contributed by atoms with Crippen LogP contribution in [0, 0.1) is 0 Å². The van der Waals surface area contributed by atoms with Crippen molar-refractivity contribution < 1.29 is 4.74 Å². The zero-order chi connectivity index (χ0) is 12.9.